The highest BCUT2D eigenvalue weighted by atomic mass is 16.6. The highest BCUT2D eigenvalue weighted by Crippen LogP contribution is 2.41. The molecule has 1 aromatic rings. The van der Waals surface area contributed by atoms with E-state index in [1.807, 2.05) is 18.0 Å². The molecular formula is C15H20N2O4. The third kappa shape index (κ3) is 2.39. The van der Waals surface area contributed by atoms with E-state index in [4.69, 9.17) is 4.74 Å². The second kappa shape index (κ2) is 5.29. The minimum atomic E-state index is -1.48. The summed E-state index contributed by atoms with van der Waals surface area (Å²) >= 11 is 0. The molecule has 0 aromatic heterocycles. The standard InChI is InChI=1S/C15H20N2O4/c1-16-6-8-17(9-7-16)15(14(19)20)10-12(18)11-4-2-3-5-13(11)21-15/h2-5,12,18H,6-10H2,1H3,(H,19,20). The number of aliphatic hydroxyl groups is 1. The average molecular weight is 292 g/mol. The molecule has 1 fully saturated rings. The number of fused-ring (bicyclic) bond motifs is 1. The second-order valence-corrected chi connectivity index (χ2v) is 5.74. The van der Waals surface area contributed by atoms with Crippen LogP contribution in [0.2, 0.25) is 0 Å². The molecule has 2 heterocycles. The molecule has 2 unspecified atom stereocenters. The summed E-state index contributed by atoms with van der Waals surface area (Å²) in [4.78, 5) is 15.9. The first-order valence-electron chi connectivity index (χ1n) is 7.16. The van der Waals surface area contributed by atoms with Crippen molar-refractivity contribution in [3.63, 3.8) is 0 Å². The molecule has 0 aliphatic carbocycles. The first-order valence-corrected chi connectivity index (χ1v) is 7.16. The molecular weight excluding hydrogens is 272 g/mol. The molecule has 0 amide bonds. The molecule has 114 valence electrons. The number of carbonyl (C=O) groups is 1. The number of para-hydroxylation sites is 1. The smallest absolute Gasteiger partial charge is 0.364 e. The van der Waals surface area contributed by atoms with Crippen molar-refractivity contribution < 1.29 is 19.7 Å². The van der Waals surface area contributed by atoms with Crippen LogP contribution in [-0.4, -0.2) is 64.9 Å². The number of hydrogen-bond donors (Lipinski definition) is 2. The Hall–Kier alpha value is -1.63. The molecule has 2 atom stereocenters. The van der Waals surface area contributed by atoms with Crippen LogP contribution in [0.25, 0.3) is 0 Å². The lowest BCUT2D eigenvalue weighted by Gasteiger charge is -2.47. The molecule has 0 saturated carbocycles. The van der Waals surface area contributed by atoms with Crippen LogP contribution < -0.4 is 4.74 Å². The molecule has 21 heavy (non-hydrogen) atoms. The molecule has 0 bridgehead atoms. The summed E-state index contributed by atoms with van der Waals surface area (Å²) in [6, 6.07) is 7.09. The highest BCUT2D eigenvalue weighted by Gasteiger charge is 2.52. The summed E-state index contributed by atoms with van der Waals surface area (Å²) in [6.45, 7) is 2.79. The maximum Gasteiger partial charge on any atom is 0.364 e. The first-order chi connectivity index (χ1) is 10.0. The Balaban J connectivity index is 1.95. The van der Waals surface area contributed by atoms with E-state index >= 15 is 0 Å². The van der Waals surface area contributed by atoms with Crippen molar-refractivity contribution in [1.82, 2.24) is 9.80 Å². The Morgan fingerprint density at radius 2 is 1.95 bits per heavy atom. The fourth-order valence-electron chi connectivity index (χ4n) is 3.07. The van der Waals surface area contributed by atoms with Gasteiger partial charge in [0.2, 0.25) is 0 Å². The zero-order valence-corrected chi connectivity index (χ0v) is 12.0. The van der Waals surface area contributed by atoms with Crippen LogP contribution in [-0.2, 0) is 4.79 Å². The zero-order chi connectivity index (χ0) is 15.0. The van der Waals surface area contributed by atoms with Gasteiger partial charge in [0.1, 0.15) is 5.75 Å². The van der Waals surface area contributed by atoms with Gasteiger partial charge in [0.05, 0.1) is 6.10 Å². The summed E-state index contributed by atoms with van der Waals surface area (Å²) in [7, 11) is 2.01. The summed E-state index contributed by atoms with van der Waals surface area (Å²) < 4.78 is 5.87. The Morgan fingerprint density at radius 1 is 1.29 bits per heavy atom. The summed E-state index contributed by atoms with van der Waals surface area (Å²) in [5.74, 6) is -0.585. The third-order valence-electron chi connectivity index (χ3n) is 4.38. The largest absolute Gasteiger partial charge is 0.477 e. The van der Waals surface area contributed by atoms with Crippen molar-refractivity contribution >= 4 is 5.97 Å². The van der Waals surface area contributed by atoms with E-state index in [0.717, 1.165) is 13.1 Å². The number of rotatable bonds is 2. The van der Waals surface area contributed by atoms with Gasteiger partial charge in [-0.2, -0.15) is 0 Å². The van der Waals surface area contributed by atoms with Crippen LogP contribution in [0.5, 0.6) is 5.75 Å². The molecule has 1 saturated heterocycles. The van der Waals surface area contributed by atoms with Gasteiger partial charge >= 0.3 is 5.97 Å². The van der Waals surface area contributed by atoms with Gasteiger partial charge in [-0.15, -0.1) is 0 Å². The SMILES string of the molecule is CN1CCN(C2(C(=O)O)CC(O)c3ccccc3O2)CC1. The number of carboxylic acid groups (broad SMARTS) is 1. The van der Waals surface area contributed by atoms with Gasteiger partial charge in [-0.1, -0.05) is 18.2 Å². The predicted molar refractivity (Wildman–Crippen MR) is 76.1 cm³/mol. The molecule has 6 heteroatoms. The number of aliphatic hydroxyl groups excluding tert-OH is 1. The lowest BCUT2D eigenvalue weighted by Crippen LogP contribution is -2.65. The van der Waals surface area contributed by atoms with Crippen LogP contribution in [0.15, 0.2) is 24.3 Å². The van der Waals surface area contributed by atoms with Gasteiger partial charge in [-0.3, -0.25) is 4.90 Å². The molecule has 3 rings (SSSR count). The van der Waals surface area contributed by atoms with Gasteiger partial charge in [0, 0.05) is 38.2 Å². The Kier molecular flexibility index (Phi) is 3.61. The molecule has 6 nitrogen and oxygen atoms in total. The van der Waals surface area contributed by atoms with Crippen LogP contribution >= 0.6 is 0 Å². The van der Waals surface area contributed by atoms with E-state index < -0.39 is 17.8 Å². The number of aliphatic carboxylic acids is 1. The Morgan fingerprint density at radius 3 is 2.62 bits per heavy atom. The molecule has 0 spiro atoms. The van der Waals surface area contributed by atoms with Gasteiger partial charge in [-0.25, -0.2) is 4.79 Å². The van der Waals surface area contributed by atoms with Crippen LogP contribution in [0.3, 0.4) is 0 Å². The van der Waals surface area contributed by atoms with Crippen molar-refractivity contribution in [2.75, 3.05) is 33.2 Å². The summed E-state index contributed by atoms with van der Waals surface area (Å²) in [6.07, 6.45) is -0.783. The fraction of sp³-hybridized carbons (Fsp3) is 0.533. The molecule has 0 radical (unpaired) electrons. The number of piperazine rings is 1. The van der Waals surface area contributed by atoms with Gasteiger partial charge < -0.3 is 19.8 Å². The summed E-state index contributed by atoms with van der Waals surface area (Å²) in [5.41, 5.74) is -0.821. The normalized spacial score (nSPS) is 30.5. The Bertz CT molecular complexity index is 542. The van der Waals surface area contributed by atoms with Crippen LogP contribution in [0.1, 0.15) is 18.1 Å². The van der Waals surface area contributed by atoms with Crippen molar-refractivity contribution in [2.45, 2.75) is 18.2 Å². The van der Waals surface area contributed by atoms with Crippen LogP contribution in [0.4, 0.5) is 0 Å². The van der Waals surface area contributed by atoms with Crippen molar-refractivity contribution in [2.24, 2.45) is 0 Å². The zero-order valence-electron chi connectivity index (χ0n) is 12.0. The van der Waals surface area contributed by atoms with E-state index in [1.54, 1.807) is 18.2 Å². The number of nitrogens with zero attached hydrogens (tertiary/aromatic N) is 2. The first kappa shape index (κ1) is 14.3. The monoisotopic (exact) mass is 292 g/mol. The number of hydrogen-bond acceptors (Lipinski definition) is 5. The van der Waals surface area contributed by atoms with E-state index in [2.05, 4.69) is 4.90 Å². The molecule has 1 aromatic carbocycles. The fourth-order valence-corrected chi connectivity index (χ4v) is 3.07. The number of likely N-dealkylation sites (N-methyl/N-ethyl adjacent to an activating group) is 1. The number of benzene rings is 1. The van der Waals surface area contributed by atoms with Crippen molar-refractivity contribution in [3.8, 4) is 5.75 Å². The summed E-state index contributed by atoms with van der Waals surface area (Å²) in [5, 5.41) is 20.1. The molecule has 2 N–H and O–H groups in total. The van der Waals surface area contributed by atoms with Crippen molar-refractivity contribution in [3.05, 3.63) is 29.8 Å². The quantitative estimate of drug-likeness (QED) is 0.828. The highest BCUT2D eigenvalue weighted by molar-refractivity contribution is 5.78. The minimum Gasteiger partial charge on any atom is -0.477 e. The minimum absolute atomic E-state index is 0.0447. The van der Waals surface area contributed by atoms with E-state index in [9.17, 15) is 15.0 Å². The van der Waals surface area contributed by atoms with Gasteiger partial charge in [0.15, 0.2) is 0 Å². The van der Waals surface area contributed by atoms with Gasteiger partial charge in [-0.05, 0) is 13.1 Å². The van der Waals surface area contributed by atoms with Crippen molar-refractivity contribution in [1.29, 1.82) is 0 Å². The van der Waals surface area contributed by atoms with E-state index in [-0.39, 0.29) is 6.42 Å². The van der Waals surface area contributed by atoms with Gasteiger partial charge in [0.25, 0.3) is 5.72 Å². The lowest BCUT2D eigenvalue weighted by molar-refractivity contribution is -0.190. The predicted octanol–water partition coefficient (Wildman–Crippen LogP) is 0.531. The number of carboxylic acids is 1. The maximum atomic E-state index is 11.9. The maximum absolute atomic E-state index is 11.9. The average Bonchev–Trinajstić information content (AvgIpc) is 2.47. The van der Waals surface area contributed by atoms with Crippen LogP contribution in [0, 0.1) is 0 Å². The molecule has 2 aliphatic heterocycles. The van der Waals surface area contributed by atoms with E-state index in [0.29, 0.717) is 24.4 Å². The number of ether oxygens (including phenoxy) is 1. The lowest BCUT2D eigenvalue weighted by atomic mass is 9.93. The van der Waals surface area contributed by atoms with E-state index in [1.165, 1.54) is 0 Å². The topological polar surface area (TPSA) is 73.2 Å². The Labute approximate surface area is 123 Å². The molecule has 2 aliphatic rings. The second-order valence-electron chi connectivity index (χ2n) is 5.74. The third-order valence-corrected chi connectivity index (χ3v) is 4.38.